The third kappa shape index (κ3) is 8.88. The van der Waals surface area contributed by atoms with E-state index in [0.29, 0.717) is 6.61 Å². The zero-order chi connectivity index (χ0) is 11.2. The van der Waals surface area contributed by atoms with Crippen LogP contribution in [0.15, 0.2) is 23.3 Å². The molecular formula is C11H22OP2. The Kier molecular flexibility index (Phi) is 6.87. The Labute approximate surface area is 92.8 Å². The van der Waals surface area contributed by atoms with Gasteiger partial charge >= 0.3 is 0 Å². The van der Waals surface area contributed by atoms with Crippen LogP contribution >= 0.6 is 18.5 Å². The largest absolute Gasteiger partial charge is 0.363 e. The summed E-state index contributed by atoms with van der Waals surface area (Å²) >= 11 is 0. The predicted octanol–water partition coefficient (Wildman–Crippen LogP) is 3.73. The molecule has 0 aromatic heterocycles. The Bertz CT molecular complexity index is 221. The van der Waals surface area contributed by atoms with E-state index in [1.807, 2.05) is 0 Å². The van der Waals surface area contributed by atoms with Gasteiger partial charge in [0.1, 0.15) is 0 Å². The second-order valence-corrected chi connectivity index (χ2v) is 6.65. The van der Waals surface area contributed by atoms with Gasteiger partial charge in [-0.05, 0) is 27.7 Å². The molecule has 2 unspecified atom stereocenters. The van der Waals surface area contributed by atoms with Gasteiger partial charge in [-0.1, -0.05) is 41.8 Å². The first-order valence-electron chi connectivity index (χ1n) is 4.82. The van der Waals surface area contributed by atoms with Gasteiger partial charge in [0.05, 0.1) is 11.7 Å². The lowest BCUT2D eigenvalue weighted by Gasteiger charge is -2.22. The highest BCUT2D eigenvalue weighted by atomic mass is 31.1. The Morgan fingerprint density at radius 3 is 2.00 bits per heavy atom. The maximum atomic E-state index is 5.70. The van der Waals surface area contributed by atoms with E-state index in [4.69, 9.17) is 4.74 Å². The highest BCUT2D eigenvalue weighted by molar-refractivity contribution is 7.39. The molecule has 0 N–H and O–H groups in total. The van der Waals surface area contributed by atoms with Gasteiger partial charge in [-0.15, -0.1) is 0 Å². The molecule has 0 aromatic rings. The van der Waals surface area contributed by atoms with Gasteiger partial charge in [0.2, 0.25) is 0 Å². The third-order valence-corrected chi connectivity index (χ3v) is 2.48. The van der Waals surface area contributed by atoms with Crippen LogP contribution in [0.3, 0.4) is 0 Å². The quantitative estimate of drug-likeness (QED) is 0.518. The van der Waals surface area contributed by atoms with Crippen molar-refractivity contribution in [3.63, 3.8) is 0 Å². The summed E-state index contributed by atoms with van der Waals surface area (Å²) in [5, 5.41) is -0.219. The molecule has 0 saturated carbocycles. The van der Waals surface area contributed by atoms with E-state index in [1.54, 1.807) is 0 Å². The van der Waals surface area contributed by atoms with Crippen molar-refractivity contribution in [2.75, 3.05) is 6.61 Å². The van der Waals surface area contributed by atoms with Gasteiger partial charge in [0.25, 0.3) is 0 Å². The fraction of sp³-hybridized carbons (Fsp3) is 0.636. The maximum absolute atomic E-state index is 5.70. The molecule has 2 atom stereocenters. The topological polar surface area (TPSA) is 9.23 Å². The number of hydrogen-bond donors (Lipinski definition) is 0. The highest BCUT2D eigenvalue weighted by Crippen LogP contribution is 2.33. The van der Waals surface area contributed by atoms with Crippen LogP contribution in [0.5, 0.6) is 0 Å². The average molecular weight is 232 g/mol. The van der Waals surface area contributed by atoms with Crippen molar-refractivity contribution < 1.29 is 4.74 Å². The molecule has 0 aliphatic rings. The standard InChI is InChI=1S/C11H22OP2/c1-9(2)5-7-11(13,14)12-8-6-10(3)4/h5-6H,7-8,13-14H2,1-4H3. The Hall–Kier alpha value is 0.300. The van der Waals surface area contributed by atoms with Crippen molar-refractivity contribution in [3.8, 4) is 0 Å². The summed E-state index contributed by atoms with van der Waals surface area (Å²) in [5.74, 6) is 0. The van der Waals surface area contributed by atoms with E-state index in [1.165, 1.54) is 11.1 Å². The molecule has 0 heterocycles. The van der Waals surface area contributed by atoms with E-state index < -0.39 is 0 Å². The molecule has 1 nitrogen and oxygen atoms in total. The average Bonchev–Trinajstić information content (AvgIpc) is 2.00. The minimum Gasteiger partial charge on any atom is -0.363 e. The minimum absolute atomic E-state index is 0.219. The molecule has 82 valence electrons. The van der Waals surface area contributed by atoms with Crippen molar-refractivity contribution in [2.45, 2.75) is 39.2 Å². The van der Waals surface area contributed by atoms with Crippen molar-refractivity contribution in [3.05, 3.63) is 23.3 Å². The molecule has 14 heavy (non-hydrogen) atoms. The molecule has 0 amide bonds. The molecule has 0 rings (SSSR count). The normalized spacial score (nSPS) is 11.0. The molecule has 0 aliphatic heterocycles. The van der Waals surface area contributed by atoms with E-state index in [2.05, 4.69) is 58.3 Å². The SMILES string of the molecule is CC(C)=CCOC(P)(P)CC=C(C)C. The zero-order valence-electron chi connectivity index (χ0n) is 9.63. The number of rotatable bonds is 5. The van der Waals surface area contributed by atoms with Gasteiger partial charge in [-0.3, -0.25) is 0 Å². The summed E-state index contributed by atoms with van der Waals surface area (Å²) in [5.41, 5.74) is 2.61. The van der Waals surface area contributed by atoms with Crippen LogP contribution in [-0.4, -0.2) is 11.7 Å². The van der Waals surface area contributed by atoms with Gasteiger partial charge < -0.3 is 4.74 Å². The van der Waals surface area contributed by atoms with Crippen molar-refractivity contribution in [1.29, 1.82) is 0 Å². The van der Waals surface area contributed by atoms with Crippen LogP contribution in [-0.2, 0) is 4.74 Å². The van der Waals surface area contributed by atoms with Crippen molar-refractivity contribution >= 4 is 18.5 Å². The highest BCUT2D eigenvalue weighted by Gasteiger charge is 2.15. The second kappa shape index (κ2) is 6.72. The Morgan fingerprint density at radius 1 is 1.07 bits per heavy atom. The molecule has 0 saturated heterocycles. The Balaban J connectivity index is 3.95. The van der Waals surface area contributed by atoms with Crippen LogP contribution in [0.25, 0.3) is 0 Å². The fourth-order valence-corrected chi connectivity index (χ4v) is 1.21. The van der Waals surface area contributed by atoms with Gasteiger partial charge in [-0.2, -0.15) is 0 Å². The lowest BCUT2D eigenvalue weighted by Crippen LogP contribution is -2.15. The fourth-order valence-electron chi connectivity index (χ4n) is 0.786. The summed E-state index contributed by atoms with van der Waals surface area (Å²) in [6, 6.07) is 0. The molecule has 0 spiro atoms. The van der Waals surface area contributed by atoms with Gasteiger partial charge in [-0.25, -0.2) is 0 Å². The number of hydrogen-bond acceptors (Lipinski definition) is 1. The predicted molar refractivity (Wildman–Crippen MR) is 71.6 cm³/mol. The first kappa shape index (κ1) is 14.3. The van der Waals surface area contributed by atoms with Gasteiger partial charge in [0.15, 0.2) is 0 Å². The van der Waals surface area contributed by atoms with Crippen LogP contribution in [0, 0.1) is 0 Å². The molecule has 0 aliphatic carbocycles. The van der Waals surface area contributed by atoms with Crippen LogP contribution in [0.1, 0.15) is 34.1 Å². The zero-order valence-corrected chi connectivity index (χ0v) is 11.9. The van der Waals surface area contributed by atoms with E-state index in [0.717, 1.165) is 6.42 Å². The molecule has 0 aromatic carbocycles. The van der Waals surface area contributed by atoms with E-state index >= 15 is 0 Å². The van der Waals surface area contributed by atoms with E-state index in [-0.39, 0.29) is 5.08 Å². The second-order valence-electron chi connectivity index (χ2n) is 4.03. The van der Waals surface area contributed by atoms with Crippen LogP contribution in [0.4, 0.5) is 0 Å². The molecule has 3 heteroatoms. The van der Waals surface area contributed by atoms with Crippen molar-refractivity contribution in [2.24, 2.45) is 0 Å². The van der Waals surface area contributed by atoms with Crippen LogP contribution in [0.2, 0.25) is 0 Å². The number of allylic oxidation sites excluding steroid dienone is 2. The summed E-state index contributed by atoms with van der Waals surface area (Å²) in [7, 11) is 5.46. The monoisotopic (exact) mass is 232 g/mol. The Morgan fingerprint density at radius 2 is 1.57 bits per heavy atom. The lowest BCUT2D eigenvalue weighted by molar-refractivity contribution is 0.114. The summed E-state index contributed by atoms with van der Waals surface area (Å²) in [6.07, 6.45) is 5.18. The molecular weight excluding hydrogens is 210 g/mol. The lowest BCUT2D eigenvalue weighted by atomic mass is 10.3. The minimum atomic E-state index is -0.219. The smallest absolute Gasteiger partial charge is 0.0977 e. The van der Waals surface area contributed by atoms with Crippen LogP contribution < -0.4 is 0 Å². The number of ether oxygens (including phenoxy) is 1. The molecule has 0 bridgehead atoms. The maximum Gasteiger partial charge on any atom is 0.0977 e. The summed E-state index contributed by atoms with van der Waals surface area (Å²) < 4.78 is 5.70. The van der Waals surface area contributed by atoms with Crippen molar-refractivity contribution in [1.82, 2.24) is 0 Å². The van der Waals surface area contributed by atoms with Gasteiger partial charge in [0, 0.05) is 6.42 Å². The third-order valence-electron chi connectivity index (χ3n) is 1.67. The summed E-state index contributed by atoms with van der Waals surface area (Å²) in [6.45, 7) is 9.02. The summed E-state index contributed by atoms with van der Waals surface area (Å²) in [4.78, 5) is 0. The first-order chi connectivity index (χ1) is 6.33. The molecule has 0 radical (unpaired) electrons. The van der Waals surface area contributed by atoms with E-state index in [9.17, 15) is 0 Å². The molecule has 0 fully saturated rings. The first-order valence-corrected chi connectivity index (χ1v) is 5.97.